The van der Waals surface area contributed by atoms with Gasteiger partial charge in [0.1, 0.15) is 0 Å². The van der Waals surface area contributed by atoms with Crippen LogP contribution < -0.4 is 10.6 Å². The molecule has 0 saturated heterocycles. The molecule has 0 atom stereocenters. The lowest BCUT2D eigenvalue weighted by atomic mass is 9.78. The molecular formula is C15H30N2OS. The van der Waals surface area contributed by atoms with Crippen LogP contribution in [0.2, 0.25) is 0 Å². The first-order valence-corrected chi connectivity index (χ1v) is 7.99. The van der Waals surface area contributed by atoms with Crippen LogP contribution in [0.15, 0.2) is 0 Å². The van der Waals surface area contributed by atoms with Gasteiger partial charge in [0, 0.05) is 26.8 Å². The van der Waals surface area contributed by atoms with Gasteiger partial charge in [0.15, 0.2) is 5.11 Å². The summed E-state index contributed by atoms with van der Waals surface area (Å²) < 4.78 is 5.02. The van der Waals surface area contributed by atoms with E-state index in [1.54, 1.807) is 7.11 Å². The number of methoxy groups -OCH3 is 1. The number of hydrogen-bond acceptors (Lipinski definition) is 2. The second kappa shape index (κ2) is 8.75. The van der Waals surface area contributed by atoms with Crippen molar-refractivity contribution in [1.29, 1.82) is 0 Å². The van der Waals surface area contributed by atoms with Gasteiger partial charge < -0.3 is 15.4 Å². The smallest absolute Gasteiger partial charge is 0.166 e. The van der Waals surface area contributed by atoms with E-state index in [2.05, 4.69) is 24.5 Å². The lowest BCUT2D eigenvalue weighted by molar-refractivity contribution is 0.195. The highest BCUT2D eigenvalue weighted by Gasteiger charge is 2.34. The minimum absolute atomic E-state index is 0.479. The van der Waals surface area contributed by atoms with Crippen LogP contribution in [0.3, 0.4) is 0 Å². The third-order valence-corrected chi connectivity index (χ3v) is 4.23. The first-order chi connectivity index (χ1) is 9.08. The van der Waals surface area contributed by atoms with E-state index in [0.29, 0.717) is 5.41 Å². The van der Waals surface area contributed by atoms with Crippen molar-refractivity contribution in [3.63, 3.8) is 0 Å². The zero-order valence-corrected chi connectivity index (χ0v) is 13.6. The maximum absolute atomic E-state index is 5.34. The Morgan fingerprint density at radius 2 is 1.95 bits per heavy atom. The number of hydrogen-bond donors (Lipinski definition) is 2. The van der Waals surface area contributed by atoms with Gasteiger partial charge in [-0.15, -0.1) is 0 Å². The maximum Gasteiger partial charge on any atom is 0.166 e. The third kappa shape index (κ3) is 6.57. The molecule has 0 radical (unpaired) electrons. The number of rotatable bonds is 8. The van der Waals surface area contributed by atoms with Crippen LogP contribution in [0.1, 0.15) is 52.4 Å². The Morgan fingerprint density at radius 1 is 1.26 bits per heavy atom. The van der Waals surface area contributed by atoms with Gasteiger partial charge in [0.25, 0.3) is 0 Å². The van der Waals surface area contributed by atoms with Crippen molar-refractivity contribution in [2.45, 2.75) is 52.4 Å². The fraction of sp³-hybridized carbons (Fsp3) is 0.933. The van der Waals surface area contributed by atoms with Crippen molar-refractivity contribution < 1.29 is 4.74 Å². The average molecular weight is 286 g/mol. The molecule has 1 aliphatic carbocycles. The summed E-state index contributed by atoms with van der Waals surface area (Å²) in [5.41, 5.74) is 0.479. The SMILES string of the molecule is COCCCNC(=S)NCC1(CC(C)C)CCCC1. The average Bonchev–Trinajstić information content (AvgIpc) is 2.80. The van der Waals surface area contributed by atoms with Gasteiger partial charge in [-0.3, -0.25) is 0 Å². The Labute approximate surface area is 123 Å². The summed E-state index contributed by atoms with van der Waals surface area (Å²) in [6.07, 6.45) is 7.77. The summed E-state index contributed by atoms with van der Waals surface area (Å²) in [7, 11) is 1.73. The number of ether oxygens (including phenoxy) is 1. The van der Waals surface area contributed by atoms with Gasteiger partial charge in [-0.1, -0.05) is 26.7 Å². The Hall–Kier alpha value is -0.350. The fourth-order valence-corrected chi connectivity index (χ4v) is 3.37. The zero-order valence-electron chi connectivity index (χ0n) is 12.8. The van der Waals surface area contributed by atoms with Crippen molar-refractivity contribution >= 4 is 17.3 Å². The molecule has 0 spiro atoms. The first kappa shape index (κ1) is 16.7. The molecule has 1 rings (SSSR count). The van der Waals surface area contributed by atoms with E-state index in [0.717, 1.165) is 37.1 Å². The normalized spacial score (nSPS) is 17.7. The molecule has 0 unspecified atom stereocenters. The lowest BCUT2D eigenvalue weighted by Gasteiger charge is -2.31. The fourth-order valence-electron chi connectivity index (χ4n) is 3.19. The maximum atomic E-state index is 5.34. The van der Waals surface area contributed by atoms with E-state index >= 15 is 0 Å². The van der Waals surface area contributed by atoms with Crippen LogP contribution >= 0.6 is 12.2 Å². The van der Waals surface area contributed by atoms with Crippen LogP contribution in [0.25, 0.3) is 0 Å². The second-order valence-electron chi connectivity index (χ2n) is 6.26. The molecule has 1 saturated carbocycles. The molecular weight excluding hydrogens is 256 g/mol. The monoisotopic (exact) mass is 286 g/mol. The second-order valence-corrected chi connectivity index (χ2v) is 6.67. The summed E-state index contributed by atoms with van der Waals surface area (Å²) in [5, 5.41) is 7.48. The Morgan fingerprint density at radius 3 is 2.53 bits per heavy atom. The molecule has 0 aromatic heterocycles. The Bertz CT molecular complexity index is 263. The molecule has 0 heterocycles. The summed E-state index contributed by atoms with van der Waals surface area (Å²) in [4.78, 5) is 0. The molecule has 0 amide bonds. The molecule has 19 heavy (non-hydrogen) atoms. The van der Waals surface area contributed by atoms with Gasteiger partial charge in [-0.25, -0.2) is 0 Å². The lowest BCUT2D eigenvalue weighted by Crippen LogP contribution is -2.42. The van der Waals surface area contributed by atoms with Crippen molar-refractivity contribution in [2.24, 2.45) is 11.3 Å². The van der Waals surface area contributed by atoms with Crippen LogP contribution in [0, 0.1) is 11.3 Å². The Kier molecular flexibility index (Phi) is 7.69. The number of thiocarbonyl (C=S) groups is 1. The van der Waals surface area contributed by atoms with Crippen LogP contribution in [0.4, 0.5) is 0 Å². The standard InChI is InChI=1S/C15H30N2OS/c1-13(2)11-15(7-4-5-8-15)12-17-14(19)16-9-6-10-18-3/h13H,4-12H2,1-3H3,(H2,16,17,19). The third-order valence-electron chi connectivity index (χ3n) is 3.94. The zero-order chi connectivity index (χ0) is 14.1. The topological polar surface area (TPSA) is 33.3 Å². The van der Waals surface area contributed by atoms with Crippen molar-refractivity contribution in [2.75, 3.05) is 26.8 Å². The molecule has 112 valence electrons. The molecule has 1 aliphatic rings. The molecule has 1 fully saturated rings. The van der Waals surface area contributed by atoms with E-state index < -0.39 is 0 Å². The van der Waals surface area contributed by atoms with Crippen LogP contribution in [0.5, 0.6) is 0 Å². The quantitative estimate of drug-likeness (QED) is 0.531. The summed E-state index contributed by atoms with van der Waals surface area (Å²) in [6, 6.07) is 0. The van der Waals surface area contributed by atoms with Crippen LogP contribution in [-0.2, 0) is 4.74 Å². The predicted octanol–water partition coefficient (Wildman–Crippen LogP) is 3.09. The van der Waals surface area contributed by atoms with E-state index in [9.17, 15) is 0 Å². The van der Waals surface area contributed by atoms with Crippen molar-refractivity contribution in [1.82, 2.24) is 10.6 Å². The highest BCUT2D eigenvalue weighted by molar-refractivity contribution is 7.80. The predicted molar refractivity (Wildman–Crippen MR) is 85.5 cm³/mol. The molecule has 0 aliphatic heterocycles. The molecule has 0 aromatic carbocycles. The largest absolute Gasteiger partial charge is 0.385 e. The van der Waals surface area contributed by atoms with Gasteiger partial charge >= 0.3 is 0 Å². The van der Waals surface area contributed by atoms with Gasteiger partial charge in [0.2, 0.25) is 0 Å². The van der Waals surface area contributed by atoms with E-state index in [-0.39, 0.29) is 0 Å². The van der Waals surface area contributed by atoms with E-state index in [1.807, 2.05) is 0 Å². The van der Waals surface area contributed by atoms with Crippen LogP contribution in [-0.4, -0.2) is 31.9 Å². The molecule has 4 heteroatoms. The highest BCUT2D eigenvalue weighted by Crippen LogP contribution is 2.42. The summed E-state index contributed by atoms with van der Waals surface area (Å²) >= 11 is 5.34. The molecule has 2 N–H and O–H groups in total. The van der Waals surface area contributed by atoms with E-state index in [1.165, 1.54) is 32.1 Å². The summed E-state index contributed by atoms with van der Waals surface area (Å²) in [6.45, 7) is 7.34. The van der Waals surface area contributed by atoms with Gasteiger partial charge in [-0.2, -0.15) is 0 Å². The molecule has 0 bridgehead atoms. The molecule has 3 nitrogen and oxygen atoms in total. The first-order valence-electron chi connectivity index (χ1n) is 7.59. The van der Waals surface area contributed by atoms with Gasteiger partial charge in [0.05, 0.1) is 0 Å². The van der Waals surface area contributed by atoms with Crippen molar-refractivity contribution in [3.05, 3.63) is 0 Å². The van der Waals surface area contributed by atoms with Gasteiger partial charge in [-0.05, 0) is 49.2 Å². The minimum Gasteiger partial charge on any atom is -0.385 e. The Balaban J connectivity index is 2.26. The highest BCUT2D eigenvalue weighted by atomic mass is 32.1. The number of nitrogens with one attached hydrogen (secondary N) is 2. The van der Waals surface area contributed by atoms with Crippen molar-refractivity contribution in [3.8, 4) is 0 Å². The summed E-state index contributed by atoms with van der Waals surface area (Å²) in [5.74, 6) is 0.767. The molecule has 0 aromatic rings. The minimum atomic E-state index is 0.479. The van der Waals surface area contributed by atoms with E-state index in [4.69, 9.17) is 17.0 Å².